The fourth-order valence-corrected chi connectivity index (χ4v) is 3.30. The number of H-pyrrole nitrogens is 1. The van der Waals surface area contributed by atoms with Crippen molar-refractivity contribution in [3.05, 3.63) is 30.0 Å². The molecule has 0 aliphatic rings. The summed E-state index contributed by atoms with van der Waals surface area (Å²) in [6.45, 7) is 10.3. The molecule has 1 aromatic heterocycles. The molecular formula is C28H45NO11. The van der Waals surface area contributed by atoms with Gasteiger partial charge in [-0.25, -0.2) is 4.79 Å². The van der Waals surface area contributed by atoms with Gasteiger partial charge in [0.25, 0.3) is 0 Å². The van der Waals surface area contributed by atoms with Crippen molar-refractivity contribution in [1.29, 1.82) is 0 Å². The van der Waals surface area contributed by atoms with Crippen LogP contribution < -0.4 is 4.74 Å². The maximum Gasteiger partial charge on any atom is 0.354 e. The molecule has 0 aliphatic heterocycles. The highest BCUT2D eigenvalue weighted by molar-refractivity contribution is 5.95. The number of aromatic amines is 1. The third kappa shape index (κ3) is 16.1. The number of nitrogens with one attached hydrogen (secondary N) is 1. The molecule has 12 nitrogen and oxygen atoms in total. The number of rotatable bonds is 27. The number of hydrogen-bond acceptors (Lipinski definition) is 11. The number of methoxy groups -OCH3 is 1. The first-order valence-corrected chi connectivity index (χ1v) is 13.7. The molecule has 0 radical (unpaired) electrons. The summed E-state index contributed by atoms with van der Waals surface area (Å²) in [6.07, 6.45) is 0. The third-order valence-electron chi connectivity index (χ3n) is 5.25. The first kappa shape index (κ1) is 33.9. The van der Waals surface area contributed by atoms with E-state index in [0.717, 1.165) is 10.9 Å². The van der Waals surface area contributed by atoms with Crippen molar-refractivity contribution in [2.75, 3.05) is 119 Å². The molecule has 0 unspecified atom stereocenters. The lowest BCUT2D eigenvalue weighted by Crippen LogP contribution is -2.15. The van der Waals surface area contributed by atoms with Crippen molar-refractivity contribution in [3.63, 3.8) is 0 Å². The maximum atomic E-state index is 11.9. The van der Waals surface area contributed by atoms with Gasteiger partial charge in [0.1, 0.15) is 18.1 Å². The fourth-order valence-electron chi connectivity index (χ4n) is 3.30. The van der Waals surface area contributed by atoms with Crippen LogP contribution in [0.2, 0.25) is 0 Å². The summed E-state index contributed by atoms with van der Waals surface area (Å²) >= 11 is 0. The normalized spacial score (nSPS) is 11.3. The molecule has 0 amide bonds. The summed E-state index contributed by atoms with van der Waals surface area (Å²) in [5.41, 5.74) is 1.27. The summed E-state index contributed by atoms with van der Waals surface area (Å²) in [4.78, 5) is 14.9. The molecule has 0 fully saturated rings. The second-order valence-corrected chi connectivity index (χ2v) is 8.28. The molecule has 1 aromatic carbocycles. The van der Waals surface area contributed by atoms with Crippen molar-refractivity contribution in [2.45, 2.75) is 6.92 Å². The van der Waals surface area contributed by atoms with Gasteiger partial charge in [0.2, 0.25) is 0 Å². The topological polar surface area (TPSA) is 125 Å². The van der Waals surface area contributed by atoms with Crippen LogP contribution in [0.4, 0.5) is 0 Å². The smallest absolute Gasteiger partial charge is 0.354 e. The molecular weight excluding hydrogens is 526 g/mol. The number of esters is 1. The molecule has 0 spiro atoms. The van der Waals surface area contributed by atoms with E-state index in [1.54, 1.807) is 20.1 Å². The average molecular weight is 572 g/mol. The second-order valence-electron chi connectivity index (χ2n) is 8.28. The standard InChI is InChI=1S/C28H45NO11/c1-3-39-28(30)27-23-24-22-25(4-5-26(24)29-27)40-21-20-38-19-18-37-17-16-36-15-14-35-13-12-34-11-10-33-9-8-32-7-6-31-2/h4-5,22-23,29H,3,6-21H2,1-2H3. The van der Waals surface area contributed by atoms with Gasteiger partial charge in [-0.05, 0) is 31.2 Å². The molecule has 0 saturated carbocycles. The van der Waals surface area contributed by atoms with Gasteiger partial charge in [-0.1, -0.05) is 0 Å². The van der Waals surface area contributed by atoms with Crippen molar-refractivity contribution in [1.82, 2.24) is 4.98 Å². The van der Waals surface area contributed by atoms with Crippen molar-refractivity contribution in [2.24, 2.45) is 0 Å². The van der Waals surface area contributed by atoms with Crippen molar-refractivity contribution in [3.8, 4) is 5.75 Å². The first-order valence-electron chi connectivity index (χ1n) is 13.7. The summed E-state index contributed by atoms with van der Waals surface area (Å²) in [6, 6.07) is 7.34. The Morgan fingerprint density at radius 3 is 1.52 bits per heavy atom. The minimum Gasteiger partial charge on any atom is -0.491 e. The number of benzene rings is 1. The Hall–Kier alpha value is -2.29. The zero-order valence-corrected chi connectivity index (χ0v) is 23.8. The number of carbonyl (C=O) groups is 1. The van der Waals surface area contributed by atoms with E-state index in [1.807, 2.05) is 18.2 Å². The average Bonchev–Trinajstić information content (AvgIpc) is 3.39. The Bertz CT molecular complexity index is 892. The Labute approximate surface area is 236 Å². The highest BCUT2D eigenvalue weighted by atomic mass is 16.6. The molecule has 1 heterocycles. The summed E-state index contributed by atoms with van der Waals surface area (Å²) in [5, 5.41) is 0.881. The highest BCUT2D eigenvalue weighted by Gasteiger charge is 2.10. The Kier molecular flexibility index (Phi) is 19.9. The van der Waals surface area contributed by atoms with Crippen LogP contribution in [0.1, 0.15) is 17.4 Å². The molecule has 40 heavy (non-hydrogen) atoms. The van der Waals surface area contributed by atoms with Gasteiger partial charge in [-0.3, -0.25) is 0 Å². The van der Waals surface area contributed by atoms with E-state index in [0.29, 0.717) is 124 Å². The molecule has 12 heteroatoms. The van der Waals surface area contributed by atoms with E-state index < -0.39 is 0 Å². The predicted octanol–water partition coefficient (Wildman–Crippen LogP) is 2.49. The van der Waals surface area contributed by atoms with E-state index in [1.165, 1.54) is 0 Å². The quantitative estimate of drug-likeness (QED) is 0.126. The molecule has 0 aliphatic carbocycles. The number of aromatic nitrogens is 1. The van der Waals surface area contributed by atoms with Crippen molar-refractivity contribution < 1.29 is 52.2 Å². The highest BCUT2D eigenvalue weighted by Crippen LogP contribution is 2.22. The molecule has 2 rings (SSSR count). The van der Waals surface area contributed by atoms with Crippen LogP contribution in [0.5, 0.6) is 5.75 Å². The molecule has 2 aromatic rings. The van der Waals surface area contributed by atoms with Gasteiger partial charge >= 0.3 is 5.97 Å². The van der Waals surface area contributed by atoms with Crippen LogP contribution in [-0.2, 0) is 42.6 Å². The Morgan fingerprint density at radius 2 is 1.07 bits per heavy atom. The number of ether oxygens (including phenoxy) is 10. The molecule has 1 N–H and O–H groups in total. The number of carbonyl (C=O) groups excluding carboxylic acids is 1. The van der Waals surface area contributed by atoms with Crippen LogP contribution in [0.25, 0.3) is 10.9 Å². The molecule has 0 saturated heterocycles. The monoisotopic (exact) mass is 571 g/mol. The minimum absolute atomic E-state index is 0.333. The maximum absolute atomic E-state index is 11.9. The largest absolute Gasteiger partial charge is 0.491 e. The number of fused-ring (bicyclic) bond motifs is 1. The Morgan fingerprint density at radius 1 is 0.625 bits per heavy atom. The van der Waals surface area contributed by atoms with E-state index in [-0.39, 0.29) is 5.97 Å². The lowest BCUT2D eigenvalue weighted by atomic mass is 10.2. The fraction of sp³-hybridized carbons (Fsp3) is 0.679. The van der Waals surface area contributed by atoms with Crippen molar-refractivity contribution >= 4 is 16.9 Å². The van der Waals surface area contributed by atoms with Gasteiger partial charge < -0.3 is 52.4 Å². The van der Waals surface area contributed by atoms with Gasteiger partial charge in [-0.15, -0.1) is 0 Å². The van der Waals surface area contributed by atoms with Gasteiger partial charge in [0.05, 0.1) is 106 Å². The van der Waals surface area contributed by atoms with Gasteiger partial charge in [-0.2, -0.15) is 0 Å². The Balaban J connectivity index is 1.30. The lowest BCUT2D eigenvalue weighted by molar-refractivity contribution is -0.0227. The SMILES string of the molecule is CCOC(=O)c1cc2cc(OCCOCCOCCOCCOCCOCCOCCOCCOC)ccc2[nH]1. The molecule has 0 bridgehead atoms. The number of hydrogen-bond donors (Lipinski definition) is 1. The lowest BCUT2D eigenvalue weighted by Gasteiger charge is -2.09. The summed E-state index contributed by atoms with van der Waals surface area (Å²) in [7, 11) is 1.64. The summed E-state index contributed by atoms with van der Waals surface area (Å²) < 4.78 is 53.7. The summed E-state index contributed by atoms with van der Waals surface area (Å²) in [5.74, 6) is 0.334. The first-order chi connectivity index (χ1) is 19.7. The van der Waals surface area contributed by atoms with E-state index in [2.05, 4.69) is 4.98 Å². The van der Waals surface area contributed by atoms with Gasteiger partial charge in [0.15, 0.2) is 0 Å². The second kappa shape index (κ2) is 23.4. The van der Waals surface area contributed by atoms with Gasteiger partial charge in [0, 0.05) is 18.0 Å². The van der Waals surface area contributed by atoms with E-state index >= 15 is 0 Å². The molecule has 228 valence electrons. The van der Waals surface area contributed by atoms with Crippen LogP contribution in [0.15, 0.2) is 24.3 Å². The molecule has 0 atom stereocenters. The van der Waals surface area contributed by atoms with Crippen LogP contribution >= 0.6 is 0 Å². The minimum atomic E-state index is -0.371. The van der Waals surface area contributed by atoms with E-state index in [4.69, 9.17) is 47.4 Å². The van der Waals surface area contributed by atoms with Crippen LogP contribution in [0, 0.1) is 0 Å². The zero-order valence-electron chi connectivity index (χ0n) is 23.8. The van der Waals surface area contributed by atoms with Crippen LogP contribution in [0.3, 0.4) is 0 Å². The predicted molar refractivity (Wildman–Crippen MR) is 147 cm³/mol. The van der Waals surface area contributed by atoms with Crippen LogP contribution in [-0.4, -0.2) is 130 Å². The third-order valence-corrected chi connectivity index (χ3v) is 5.25. The zero-order chi connectivity index (χ0) is 28.5. The van der Waals surface area contributed by atoms with E-state index in [9.17, 15) is 4.79 Å².